The van der Waals surface area contributed by atoms with Gasteiger partial charge in [0.1, 0.15) is 11.5 Å². The van der Waals surface area contributed by atoms with Gasteiger partial charge in [0.15, 0.2) is 0 Å². The topological polar surface area (TPSA) is 106 Å². The average molecular weight is 480 g/mol. The molecule has 0 heterocycles. The van der Waals surface area contributed by atoms with Crippen LogP contribution in [0.25, 0.3) is 6.08 Å². The van der Waals surface area contributed by atoms with E-state index in [1.54, 1.807) is 54.6 Å². The van der Waals surface area contributed by atoms with Gasteiger partial charge in [0.05, 0.1) is 24.8 Å². The minimum Gasteiger partial charge on any atom is -0.494 e. The fourth-order valence-electron chi connectivity index (χ4n) is 3.15. The molecule has 1 N–H and O–H groups in total. The fourth-order valence-corrected chi connectivity index (χ4v) is 3.15. The Labute approximate surface area is 206 Å². The molecule has 0 saturated heterocycles. The van der Waals surface area contributed by atoms with Crippen LogP contribution in [0.1, 0.15) is 67.3 Å². The van der Waals surface area contributed by atoms with E-state index in [9.17, 15) is 9.59 Å². The van der Waals surface area contributed by atoms with Gasteiger partial charge in [-0.15, -0.1) is 0 Å². The first kappa shape index (κ1) is 27.6. The normalized spacial score (nSPS) is 10.6. The number of aliphatic hydroxyl groups excluding tert-OH is 1. The van der Waals surface area contributed by atoms with E-state index in [1.807, 2.05) is 0 Å². The molecule has 0 aliphatic heterocycles. The third kappa shape index (κ3) is 11.9. The molecule has 0 fully saturated rings. The maximum absolute atomic E-state index is 12.4. The maximum Gasteiger partial charge on any atom is 0.343 e. The first-order valence-corrected chi connectivity index (χ1v) is 12.0. The Kier molecular flexibility index (Phi) is 13.3. The van der Waals surface area contributed by atoms with Gasteiger partial charge in [0, 0.05) is 19.1 Å². The SMILES string of the molecule is N#CCCCOc1ccc(C(=O)Oc2ccc(/C=C/C(=O)OCCCCCCCCO)cc2)cc1. The van der Waals surface area contributed by atoms with E-state index >= 15 is 0 Å². The number of carbonyl (C=O) groups is 2. The largest absolute Gasteiger partial charge is 0.494 e. The van der Waals surface area contributed by atoms with Gasteiger partial charge in [-0.1, -0.05) is 37.8 Å². The highest BCUT2D eigenvalue weighted by molar-refractivity contribution is 5.91. The van der Waals surface area contributed by atoms with E-state index in [0.29, 0.717) is 43.1 Å². The van der Waals surface area contributed by atoms with E-state index in [0.717, 1.165) is 44.1 Å². The first-order valence-electron chi connectivity index (χ1n) is 12.0. The van der Waals surface area contributed by atoms with Crippen molar-refractivity contribution in [3.63, 3.8) is 0 Å². The third-order valence-corrected chi connectivity index (χ3v) is 5.09. The Morgan fingerprint density at radius 3 is 2.17 bits per heavy atom. The smallest absolute Gasteiger partial charge is 0.343 e. The van der Waals surface area contributed by atoms with Gasteiger partial charge in [0.2, 0.25) is 0 Å². The van der Waals surface area contributed by atoms with Gasteiger partial charge < -0.3 is 19.3 Å². The van der Waals surface area contributed by atoms with Crippen LogP contribution >= 0.6 is 0 Å². The second kappa shape index (κ2) is 16.9. The minimum absolute atomic E-state index is 0.245. The van der Waals surface area contributed by atoms with Crippen molar-refractivity contribution >= 4 is 18.0 Å². The lowest BCUT2D eigenvalue weighted by atomic mass is 10.1. The summed E-state index contributed by atoms with van der Waals surface area (Å²) >= 11 is 0. The number of rotatable bonds is 16. The summed E-state index contributed by atoms with van der Waals surface area (Å²) in [7, 11) is 0. The van der Waals surface area contributed by atoms with Crippen LogP contribution in [-0.2, 0) is 9.53 Å². The molecule has 0 aromatic heterocycles. The Hall–Kier alpha value is -3.63. The van der Waals surface area contributed by atoms with Gasteiger partial charge in [-0.05, 0) is 67.3 Å². The van der Waals surface area contributed by atoms with Gasteiger partial charge in [0.25, 0.3) is 0 Å². The van der Waals surface area contributed by atoms with Crippen LogP contribution in [-0.4, -0.2) is 36.9 Å². The molecule has 7 heteroatoms. The summed E-state index contributed by atoms with van der Waals surface area (Å²) in [4.78, 5) is 24.2. The highest BCUT2D eigenvalue weighted by Gasteiger charge is 2.09. The number of ether oxygens (including phenoxy) is 3. The van der Waals surface area contributed by atoms with Crippen molar-refractivity contribution in [3.8, 4) is 17.6 Å². The van der Waals surface area contributed by atoms with Gasteiger partial charge in [-0.3, -0.25) is 0 Å². The summed E-state index contributed by atoms with van der Waals surface area (Å²) in [5.41, 5.74) is 1.18. The molecule has 2 rings (SSSR count). The number of nitriles is 1. The van der Waals surface area contributed by atoms with Gasteiger partial charge in [-0.2, -0.15) is 5.26 Å². The average Bonchev–Trinajstić information content (AvgIpc) is 2.88. The van der Waals surface area contributed by atoms with Crippen molar-refractivity contribution < 1.29 is 28.9 Å². The van der Waals surface area contributed by atoms with Crippen LogP contribution in [0, 0.1) is 11.3 Å². The van der Waals surface area contributed by atoms with Crippen LogP contribution in [0.5, 0.6) is 11.5 Å². The molecule has 0 aliphatic rings. The van der Waals surface area contributed by atoms with Gasteiger partial charge in [-0.25, -0.2) is 9.59 Å². The molecule has 0 amide bonds. The van der Waals surface area contributed by atoms with E-state index in [2.05, 4.69) is 6.07 Å². The number of hydrogen-bond acceptors (Lipinski definition) is 7. The number of carbonyl (C=O) groups excluding carboxylic acids is 2. The summed E-state index contributed by atoms with van der Waals surface area (Å²) in [5, 5.41) is 17.3. The van der Waals surface area contributed by atoms with Crippen molar-refractivity contribution in [2.75, 3.05) is 19.8 Å². The molecule has 35 heavy (non-hydrogen) atoms. The zero-order valence-electron chi connectivity index (χ0n) is 20.0. The lowest BCUT2D eigenvalue weighted by molar-refractivity contribution is -0.137. The monoisotopic (exact) mass is 479 g/mol. The summed E-state index contributed by atoms with van der Waals surface area (Å²) in [5.74, 6) is 0.147. The maximum atomic E-state index is 12.4. The molecule has 2 aromatic carbocycles. The predicted molar refractivity (Wildman–Crippen MR) is 133 cm³/mol. The molecular weight excluding hydrogens is 446 g/mol. The first-order chi connectivity index (χ1) is 17.1. The molecule has 0 unspecified atom stereocenters. The molecule has 0 saturated carbocycles. The molecule has 186 valence electrons. The van der Waals surface area contributed by atoms with E-state index in [-0.39, 0.29) is 6.61 Å². The highest BCUT2D eigenvalue weighted by atomic mass is 16.5. The van der Waals surface area contributed by atoms with Crippen molar-refractivity contribution in [3.05, 3.63) is 65.7 Å². The predicted octanol–water partition coefficient (Wildman–Crippen LogP) is 5.48. The molecule has 2 aromatic rings. The highest BCUT2D eigenvalue weighted by Crippen LogP contribution is 2.17. The van der Waals surface area contributed by atoms with Crippen LogP contribution < -0.4 is 9.47 Å². The summed E-state index contributed by atoms with van der Waals surface area (Å²) in [6.07, 6.45) is 10.0. The zero-order valence-corrected chi connectivity index (χ0v) is 20.0. The summed E-state index contributed by atoms with van der Waals surface area (Å²) < 4.78 is 16.1. The third-order valence-electron chi connectivity index (χ3n) is 5.09. The van der Waals surface area contributed by atoms with Crippen molar-refractivity contribution in [2.45, 2.75) is 51.4 Å². The summed E-state index contributed by atoms with van der Waals surface area (Å²) in [6, 6.07) is 15.5. The van der Waals surface area contributed by atoms with E-state index in [1.165, 1.54) is 6.08 Å². The molecule has 0 spiro atoms. The van der Waals surface area contributed by atoms with Crippen LogP contribution in [0.3, 0.4) is 0 Å². The van der Waals surface area contributed by atoms with Gasteiger partial charge >= 0.3 is 11.9 Å². The van der Waals surface area contributed by atoms with Crippen LogP contribution in [0.15, 0.2) is 54.6 Å². The summed E-state index contributed by atoms with van der Waals surface area (Å²) in [6.45, 7) is 1.09. The second-order valence-corrected chi connectivity index (χ2v) is 7.94. The molecule has 0 atom stereocenters. The lowest BCUT2D eigenvalue weighted by Crippen LogP contribution is -2.08. The molecule has 0 bridgehead atoms. The number of aliphatic hydroxyl groups is 1. The number of unbranched alkanes of at least 4 members (excludes halogenated alkanes) is 6. The minimum atomic E-state index is -0.485. The standard InChI is InChI=1S/C28H33NO6/c29-19-5-8-21-33-25-16-12-24(13-17-25)28(32)35-26-14-9-23(10-15-26)11-18-27(31)34-22-7-4-2-1-3-6-20-30/h9-18,30H,1-8,20-22H2/b18-11+. The zero-order chi connectivity index (χ0) is 25.1. The Bertz CT molecular complexity index is 960. The Balaban J connectivity index is 1.70. The quantitative estimate of drug-likeness (QED) is 0.147. The number of benzene rings is 2. The Morgan fingerprint density at radius 2 is 1.49 bits per heavy atom. The number of nitrogens with zero attached hydrogens (tertiary/aromatic N) is 1. The van der Waals surface area contributed by atoms with Crippen molar-refractivity contribution in [2.24, 2.45) is 0 Å². The second-order valence-electron chi connectivity index (χ2n) is 7.94. The lowest BCUT2D eigenvalue weighted by Gasteiger charge is -2.07. The molecular formula is C28H33NO6. The van der Waals surface area contributed by atoms with E-state index < -0.39 is 11.9 Å². The Morgan fingerprint density at radius 1 is 0.829 bits per heavy atom. The number of hydrogen-bond donors (Lipinski definition) is 1. The van der Waals surface area contributed by atoms with Crippen molar-refractivity contribution in [1.82, 2.24) is 0 Å². The molecule has 0 aliphatic carbocycles. The van der Waals surface area contributed by atoms with Crippen LogP contribution in [0.2, 0.25) is 0 Å². The van der Waals surface area contributed by atoms with Crippen LogP contribution in [0.4, 0.5) is 0 Å². The van der Waals surface area contributed by atoms with E-state index in [4.69, 9.17) is 24.6 Å². The number of esters is 2. The molecule has 0 radical (unpaired) electrons. The fraction of sp³-hybridized carbons (Fsp3) is 0.393. The van der Waals surface area contributed by atoms with Crippen molar-refractivity contribution in [1.29, 1.82) is 5.26 Å². The molecule has 7 nitrogen and oxygen atoms in total.